The highest BCUT2D eigenvalue weighted by Crippen LogP contribution is 2.58. The second-order valence-corrected chi connectivity index (χ2v) is 13.8. The number of rotatable bonds is 8. The Morgan fingerprint density at radius 2 is 2.10 bits per heavy atom. The van der Waals surface area contributed by atoms with Crippen molar-refractivity contribution in [2.75, 3.05) is 44.3 Å². The molecule has 42 heavy (non-hydrogen) atoms. The number of aryl methyl sites for hydroxylation is 2. The first-order chi connectivity index (χ1) is 20.3. The molecule has 3 atom stereocenters. The second kappa shape index (κ2) is 11.0. The molecule has 4 aliphatic rings. The van der Waals surface area contributed by atoms with E-state index >= 15 is 0 Å². The third-order valence-electron chi connectivity index (χ3n) is 10.3. The van der Waals surface area contributed by atoms with Crippen LogP contribution in [0.4, 0.5) is 5.13 Å². The van der Waals surface area contributed by atoms with Crippen molar-refractivity contribution in [1.29, 1.82) is 0 Å². The number of thiazole rings is 1. The van der Waals surface area contributed by atoms with Crippen LogP contribution in [-0.4, -0.2) is 60.4 Å². The number of benzene rings is 2. The maximum atomic E-state index is 11.7. The number of hydrogen-bond acceptors (Lipinski definition) is 7. The highest BCUT2D eigenvalue weighted by Gasteiger charge is 2.62. The number of ether oxygens (including phenoxy) is 2. The first-order valence-electron chi connectivity index (χ1n) is 15.4. The number of hydrogen-bond donors (Lipinski definition) is 1. The van der Waals surface area contributed by atoms with Gasteiger partial charge in [0.05, 0.1) is 17.7 Å². The lowest BCUT2D eigenvalue weighted by molar-refractivity contribution is -0.144. The van der Waals surface area contributed by atoms with Gasteiger partial charge < -0.3 is 19.5 Å². The number of fused-ring (bicyclic) bond motifs is 2. The van der Waals surface area contributed by atoms with E-state index in [1.807, 2.05) is 0 Å². The summed E-state index contributed by atoms with van der Waals surface area (Å²) in [5.41, 5.74) is 9.55. The average Bonchev–Trinajstić information content (AvgIpc) is 3.26. The summed E-state index contributed by atoms with van der Waals surface area (Å²) in [5.74, 6) is 1.17. The van der Waals surface area contributed by atoms with Gasteiger partial charge in [-0.15, -0.1) is 11.3 Å². The summed E-state index contributed by atoms with van der Waals surface area (Å²) in [4.78, 5) is 21.6. The van der Waals surface area contributed by atoms with E-state index in [9.17, 15) is 9.90 Å². The van der Waals surface area contributed by atoms with Crippen LogP contribution in [0.2, 0.25) is 0 Å². The van der Waals surface area contributed by atoms with Crippen molar-refractivity contribution in [2.24, 2.45) is 17.3 Å². The van der Waals surface area contributed by atoms with Crippen molar-refractivity contribution in [2.45, 2.75) is 59.6 Å². The van der Waals surface area contributed by atoms with Crippen LogP contribution in [0.1, 0.15) is 52.6 Å². The third-order valence-corrected chi connectivity index (χ3v) is 11.2. The van der Waals surface area contributed by atoms with Crippen molar-refractivity contribution in [3.05, 3.63) is 63.0 Å². The molecule has 1 N–H and O–H groups in total. The molecule has 3 aromatic rings. The molecule has 7 nitrogen and oxygen atoms in total. The van der Waals surface area contributed by atoms with Crippen molar-refractivity contribution in [1.82, 2.24) is 9.88 Å². The summed E-state index contributed by atoms with van der Waals surface area (Å²) in [5, 5.41) is 12.7. The maximum absolute atomic E-state index is 11.7. The summed E-state index contributed by atoms with van der Waals surface area (Å²) in [7, 11) is 0. The molecule has 0 radical (unpaired) electrons. The molecular formula is C34H41N3O4S. The molecule has 0 spiro atoms. The van der Waals surface area contributed by atoms with E-state index in [2.05, 4.69) is 60.2 Å². The minimum Gasteiger partial charge on any atom is -0.488 e. The van der Waals surface area contributed by atoms with Gasteiger partial charge in [0.1, 0.15) is 12.4 Å². The van der Waals surface area contributed by atoms with Gasteiger partial charge in [-0.05, 0) is 97.7 Å². The molecule has 222 valence electrons. The molecule has 0 bridgehead atoms. The van der Waals surface area contributed by atoms with Crippen molar-refractivity contribution >= 4 is 22.4 Å². The summed E-state index contributed by atoms with van der Waals surface area (Å²) >= 11 is 1.64. The molecule has 8 heteroatoms. The zero-order chi connectivity index (χ0) is 29.0. The Morgan fingerprint density at radius 3 is 2.88 bits per heavy atom. The summed E-state index contributed by atoms with van der Waals surface area (Å²) in [6.07, 6.45) is 3.77. The Balaban J connectivity index is 1.06. The SMILES string of the molecule is Cc1cc(COc2c(C)cccc2-c2csc(N3CC[C@@]4(C(=O)O)C[C@H]4C3)n2)c(C)c2c1CN(CC1CCOC1)CC2. The Bertz CT molecular complexity index is 1510. The highest BCUT2D eigenvalue weighted by atomic mass is 32.1. The molecule has 1 saturated carbocycles. The van der Waals surface area contributed by atoms with E-state index in [4.69, 9.17) is 14.5 Å². The van der Waals surface area contributed by atoms with Gasteiger partial charge in [-0.25, -0.2) is 4.98 Å². The van der Waals surface area contributed by atoms with Gasteiger partial charge in [-0.3, -0.25) is 9.69 Å². The predicted octanol–water partition coefficient (Wildman–Crippen LogP) is 6.01. The van der Waals surface area contributed by atoms with E-state index < -0.39 is 11.4 Å². The quantitative estimate of drug-likeness (QED) is 0.346. The van der Waals surface area contributed by atoms with Gasteiger partial charge in [0.25, 0.3) is 0 Å². The lowest BCUT2D eigenvalue weighted by atomic mass is 9.88. The minimum atomic E-state index is -0.630. The number of carboxylic acids is 1. The molecule has 0 amide bonds. The standard InChI is InChI=1S/C34H41N3O4S/c1-21-5-4-6-28(30-20-42-33(35-30)37-11-9-34(32(38)39)14-26(34)16-37)31(21)41-19-25-13-22(2)29-17-36(10-7-27(29)23(25)3)15-24-8-12-40-18-24/h4-6,13,20,24,26H,7-12,14-19H2,1-3H3,(H,38,39)/t24?,26-,34+/m0/s1. The highest BCUT2D eigenvalue weighted by molar-refractivity contribution is 7.14. The zero-order valence-electron chi connectivity index (χ0n) is 24.9. The lowest BCUT2D eigenvalue weighted by Gasteiger charge is -2.33. The number of anilines is 1. The summed E-state index contributed by atoms with van der Waals surface area (Å²) in [6.45, 7) is 13.8. The summed E-state index contributed by atoms with van der Waals surface area (Å²) < 4.78 is 12.2. The van der Waals surface area contributed by atoms with E-state index in [0.717, 1.165) is 86.5 Å². The van der Waals surface area contributed by atoms with Crippen LogP contribution in [0.15, 0.2) is 29.6 Å². The van der Waals surface area contributed by atoms with Crippen LogP contribution in [0.3, 0.4) is 0 Å². The molecular weight excluding hydrogens is 546 g/mol. The number of carbonyl (C=O) groups is 1. The molecule has 2 aromatic carbocycles. The normalized spacial score (nSPS) is 25.3. The smallest absolute Gasteiger partial charge is 0.310 e. The fourth-order valence-corrected chi connectivity index (χ4v) is 8.40. The third kappa shape index (κ3) is 5.01. The van der Waals surface area contributed by atoms with E-state index in [1.54, 1.807) is 11.3 Å². The fourth-order valence-electron chi connectivity index (χ4n) is 7.53. The number of aromatic nitrogens is 1. The van der Waals surface area contributed by atoms with Crippen LogP contribution in [0, 0.1) is 38.0 Å². The van der Waals surface area contributed by atoms with Crippen molar-refractivity contribution in [3.63, 3.8) is 0 Å². The topological polar surface area (TPSA) is 75.1 Å². The Labute approximate surface area is 252 Å². The molecule has 1 aromatic heterocycles. The van der Waals surface area contributed by atoms with E-state index in [1.165, 1.54) is 34.2 Å². The van der Waals surface area contributed by atoms with Gasteiger partial charge in [-0.2, -0.15) is 0 Å². The summed E-state index contributed by atoms with van der Waals surface area (Å²) in [6, 6.07) is 8.61. The minimum absolute atomic E-state index is 0.238. The molecule has 3 aliphatic heterocycles. The van der Waals surface area contributed by atoms with Crippen LogP contribution >= 0.6 is 11.3 Å². The number of carboxylic acid groups (broad SMARTS) is 1. The van der Waals surface area contributed by atoms with Gasteiger partial charge in [0.15, 0.2) is 5.13 Å². The number of para-hydroxylation sites is 1. The van der Waals surface area contributed by atoms with Gasteiger partial charge >= 0.3 is 5.97 Å². The van der Waals surface area contributed by atoms with Crippen LogP contribution in [0.25, 0.3) is 11.3 Å². The number of nitrogens with zero attached hydrogens (tertiary/aromatic N) is 3. The van der Waals surface area contributed by atoms with E-state index in [-0.39, 0.29) is 5.92 Å². The van der Waals surface area contributed by atoms with Gasteiger partial charge in [0.2, 0.25) is 0 Å². The first kappa shape index (κ1) is 27.9. The first-order valence-corrected chi connectivity index (χ1v) is 16.3. The van der Waals surface area contributed by atoms with Gasteiger partial charge in [-0.1, -0.05) is 18.2 Å². The fraction of sp³-hybridized carbons (Fsp3) is 0.529. The number of aliphatic carboxylic acids is 1. The monoisotopic (exact) mass is 587 g/mol. The van der Waals surface area contributed by atoms with E-state index in [0.29, 0.717) is 18.9 Å². The molecule has 4 heterocycles. The van der Waals surface area contributed by atoms with Crippen molar-refractivity contribution < 1.29 is 19.4 Å². The van der Waals surface area contributed by atoms with Crippen LogP contribution in [0.5, 0.6) is 5.75 Å². The van der Waals surface area contributed by atoms with Crippen molar-refractivity contribution in [3.8, 4) is 17.0 Å². The zero-order valence-corrected chi connectivity index (χ0v) is 25.8. The van der Waals surface area contributed by atoms with Crippen LogP contribution < -0.4 is 9.64 Å². The second-order valence-electron chi connectivity index (χ2n) is 13.0. The lowest BCUT2D eigenvalue weighted by Crippen LogP contribution is -2.37. The Hall–Kier alpha value is -2.94. The Kier molecular flexibility index (Phi) is 7.27. The maximum Gasteiger partial charge on any atom is 0.310 e. The molecule has 3 fully saturated rings. The average molecular weight is 588 g/mol. The predicted molar refractivity (Wildman–Crippen MR) is 165 cm³/mol. The Morgan fingerprint density at radius 1 is 1.21 bits per heavy atom. The largest absolute Gasteiger partial charge is 0.488 e. The van der Waals surface area contributed by atoms with Crippen LogP contribution in [-0.2, 0) is 29.1 Å². The molecule has 1 aliphatic carbocycles. The number of piperidine rings is 1. The van der Waals surface area contributed by atoms with Gasteiger partial charge in [0, 0.05) is 50.3 Å². The molecule has 1 unspecified atom stereocenters. The molecule has 2 saturated heterocycles. The molecule has 7 rings (SSSR count).